The Kier molecular flexibility index (Phi) is 1.38. The highest BCUT2D eigenvalue weighted by atomic mass is 15.3. The van der Waals surface area contributed by atoms with E-state index in [1.807, 2.05) is 29.1 Å². The molecule has 0 saturated carbocycles. The standard InChI is InChI=1S/C9H7N5/c1-2-9-11-6-12-14(9)5-8(1)13-4-3-10-7-13/h1-7H. The molecule has 5 heteroatoms. The lowest BCUT2D eigenvalue weighted by Gasteiger charge is -2.00. The monoisotopic (exact) mass is 185 g/mol. The first-order valence-electron chi connectivity index (χ1n) is 4.21. The number of fused-ring (bicyclic) bond motifs is 1. The minimum atomic E-state index is 0.842. The van der Waals surface area contributed by atoms with Crippen LogP contribution in [-0.4, -0.2) is 24.1 Å². The summed E-state index contributed by atoms with van der Waals surface area (Å²) < 4.78 is 3.65. The predicted molar refractivity (Wildman–Crippen MR) is 50.1 cm³/mol. The summed E-state index contributed by atoms with van der Waals surface area (Å²) in [6.45, 7) is 0. The van der Waals surface area contributed by atoms with Crippen molar-refractivity contribution in [3.05, 3.63) is 43.4 Å². The van der Waals surface area contributed by atoms with Gasteiger partial charge in [0.2, 0.25) is 0 Å². The van der Waals surface area contributed by atoms with Gasteiger partial charge in [-0.25, -0.2) is 14.5 Å². The second-order valence-electron chi connectivity index (χ2n) is 2.92. The molecule has 0 fully saturated rings. The van der Waals surface area contributed by atoms with Crippen LogP contribution in [0.1, 0.15) is 0 Å². The molecule has 0 N–H and O–H groups in total. The molecular weight excluding hydrogens is 178 g/mol. The van der Waals surface area contributed by atoms with E-state index < -0.39 is 0 Å². The molecule has 0 unspecified atom stereocenters. The van der Waals surface area contributed by atoms with E-state index in [0.717, 1.165) is 11.3 Å². The Bertz CT molecular complexity index is 551. The second kappa shape index (κ2) is 2.66. The van der Waals surface area contributed by atoms with Crippen molar-refractivity contribution in [2.45, 2.75) is 0 Å². The zero-order valence-electron chi connectivity index (χ0n) is 7.28. The minimum absolute atomic E-state index is 0.842. The smallest absolute Gasteiger partial charge is 0.155 e. The van der Waals surface area contributed by atoms with Crippen LogP contribution in [-0.2, 0) is 0 Å². The molecule has 0 bridgehead atoms. The van der Waals surface area contributed by atoms with E-state index in [1.165, 1.54) is 6.33 Å². The fraction of sp³-hybridized carbons (Fsp3) is 0. The Morgan fingerprint density at radius 3 is 3.07 bits per heavy atom. The highest BCUT2D eigenvalue weighted by Crippen LogP contribution is 2.07. The molecule has 68 valence electrons. The van der Waals surface area contributed by atoms with Crippen LogP contribution >= 0.6 is 0 Å². The number of imidazole rings is 1. The first-order valence-corrected chi connectivity index (χ1v) is 4.21. The maximum atomic E-state index is 4.07. The van der Waals surface area contributed by atoms with Crippen molar-refractivity contribution in [3.8, 4) is 5.69 Å². The summed E-state index contributed by atoms with van der Waals surface area (Å²) in [5, 5.41) is 4.06. The Morgan fingerprint density at radius 1 is 1.21 bits per heavy atom. The van der Waals surface area contributed by atoms with Crippen LogP contribution < -0.4 is 0 Å². The van der Waals surface area contributed by atoms with Crippen molar-refractivity contribution in [2.75, 3.05) is 0 Å². The van der Waals surface area contributed by atoms with Crippen molar-refractivity contribution in [1.29, 1.82) is 0 Å². The fourth-order valence-corrected chi connectivity index (χ4v) is 1.37. The van der Waals surface area contributed by atoms with E-state index in [9.17, 15) is 0 Å². The van der Waals surface area contributed by atoms with Gasteiger partial charge in [0.05, 0.1) is 18.2 Å². The van der Waals surface area contributed by atoms with Gasteiger partial charge in [0.25, 0.3) is 0 Å². The second-order valence-corrected chi connectivity index (χ2v) is 2.92. The van der Waals surface area contributed by atoms with Crippen LogP contribution in [0.5, 0.6) is 0 Å². The van der Waals surface area contributed by atoms with Gasteiger partial charge in [0.15, 0.2) is 5.65 Å². The Morgan fingerprint density at radius 2 is 2.21 bits per heavy atom. The van der Waals surface area contributed by atoms with Gasteiger partial charge in [-0.05, 0) is 12.1 Å². The van der Waals surface area contributed by atoms with Crippen LogP contribution in [0, 0.1) is 0 Å². The third-order valence-electron chi connectivity index (χ3n) is 2.06. The van der Waals surface area contributed by atoms with Gasteiger partial charge in [-0.3, -0.25) is 0 Å². The molecule has 0 radical (unpaired) electrons. The predicted octanol–water partition coefficient (Wildman–Crippen LogP) is 0.915. The molecule has 3 rings (SSSR count). The van der Waals surface area contributed by atoms with E-state index >= 15 is 0 Å². The first-order chi connectivity index (χ1) is 6.93. The van der Waals surface area contributed by atoms with Crippen LogP contribution in [0.25, 0.3) is 11.3 Å². The first kappa shape index (κ1) is 7.25. The highest BCUT2D eigenvalue weighted by molar-refractivity contribution is 5.42. The van der Waals surface area contributed by atoms with Crippen molar-refractivity contribution < 1.29 is 0 Å². The summed E-state index contributed by atoms with van der Waals surface area (Å²) in [6.07, 6.45) is 8.82. The molecule has 0 spiro atoms. The normalized spacial score (nSPS) is 10.9. The molecular formula is C9H7N5. The van der Waals surface area contributed by atoms with Crippen molar-refractivity contribution >= 4 is 5.65 Å². The summed E-state index contributed by atoms with van der Waals surface area (Å²) in [5.74, 6) is 0. The highest BCUT2D eigenvalue weighted by Gasteiger charge is 1.98. The number of hydrogen-bond acceptors (Lipinski definition) is 3. The minimum Gasteiger partial charge on any atom is -0.305 e. The van der Waals surface area contributed by atoms with E-state index in [2.05, 4.69) is 15.1 Å². The van der Waals surface area contributed by atoms with Gasteiger partial charge in [0.1, 0.15) is 6.33 Å². The van der Waals surface area contributed by atoms with E-state index in [-0.39, 0.29) is 0 Å². The van der Waals surface area contributed by atoms with Gasteiger partial charge in [-0.2, -0.15) is 5.10 Å². The summed E-state index contributed by atoms with van der Waals surface area (Å²) in [6, 6.07) is 3.90. The molecule has 0 aliphatic heterocycles. The van der Waals surface area contributed by atoms with Gasteiger partial charge in [-0.1, -0.05) is 0 Å². The summed E-state index contributed by atoms with van der Waals surface area (Å²) in [4.78, 5) is 8.05. The zero-order valence-corrected chi connectivity index (χ0v) is 7.28. The zero-order chi connectivity index (χ0) is 9.38. The quantitative estimate of drug-likeness (QED) is 0.566. The Labute approximate surface area is 79.7 Å². The number of aromatic nitrogens is 5. The van der Waals surface area contributed by atoms with Crippen LogP contribution in [0.15, 0.2) is 43.4 Å². The maximum absolute atomic E-state index is 4.07. The van der Waals surface area contributed by atoms with E-state index in [0.29, 0.717) is 0 Å². The van der Waals surface area contributed by atoms with Crippen molar-refractivity contribution in [2.24, 2.45) is 0 Å². The lowest BCUT2D eigenvalue weighted by Crippen LogP contribution is -1.94. The molecule has 0 aliphatic carbocycles. The summed E-state index contributed by atoms with van der Waals surface area (Å²) >= 11 is 0. The van der Waals surface area contributed by atoms with Crippen LogP contribution in [0.2, 0.25) is 0 Å². The molecule has 3 heterocycles. The molecule has 0 amide bonds. The summed E-state index contributed by atoms with van der Waals surface area (Å²) in [7, 11) is 0. The van der Waals surface area contributed by atoms with Crippen LogP contribution in [0.3, 0.4) is 0 Å². The lowest BCUT2D eigenvalue weighted by molar-refractivity contribution is 0.932. The molecule has 14 heavy (non-hydrogen) atoms. The largest absolute Gasteiger partial charge is 0.305 e. The molecule has 0 saturated heterocycles. The maximum Gasteiger partial charge on any atom is 0.155 e. The Hall–Kier alpha value is -2.17. The van der Waals surface area contributed by atoms with E-state index in [4.69, 9.17) is 0 Å². The van der Waals surface area contributed by atoms with Crippen LogP contribution in [0.4, 0.5) is 0 Å². The third-order valence-corrected chi connectivity index (χ3v) is 2.06. The molecule has 5 nitrogen and oxygen atoms in total. The number of rotatable bonds is 1. The average Bonchev–Trinajstić information content (AvgIpc) is 2.88. The summed E-state index contributed by atoms with van der Waals surface area (Å²) in [5.41, 5.74) is 1.86. The SMILES string of the molecule is c1cn(-c2ccc3ncnn3c2)cn1. The topological polar surface area (TPSA) is 48.0 Å². The van der Waals surface area contributed by atoms with Gasteiger partial charge in [0, 0.05) is 12.4 Å². The molecule has 0 aromatic carbocycles. The van der Waals surface area contributed by atoms with Gasteiger partial charge < -0.3 is 4.57 Å². The molecule has 3 aromatic rings. The Balaban J connectivity index is 2.23. The number of pyridine rings is 1. The molecule has 3 aromatic heterocycles. The van der Waals surface area contributed by atoms with Gasteiger partial charge in [-0.15, -0.1) is 0 Å². The lowest BCUT2D eigenvalue weighted by atomic mass is 10.4. The number of nitrogens with zero attached hydrogens (tertiary/aromatic N) is 5. The average molecular weight is 185 g/mol. The van der Waals surface area contributed by atoms with Crippen molar-refractivity contribution in [1.82, 2.24) is 24.1 Å². The molecule has 0 atom stereocenters. The third kappa shape index (κ3) is 0.990. The van der Waals surface area contributed by atoms with Crippen molar-refractivity contribution in [3.63, 3.8) is 0 Å². The molecule has 0 aliphatic rings. The van der Waals surface area contributed by atoms with Gasteiger partial charge >= 0.3 is 0 Å². The number of hydrogen-bond donors (Lipinski definition) is 0. The fourth-order valence-electron chi connectivity index (χ4n) is 1.37. The van der Waals surface area contributed by atoms with E-state index in [1.54, 1.807) is 17.0 Å².